The Morgan fingerprint density at radius 1 is 1.60 bits per heavy atom. The molecule has 2 aromatic heterocycles. The first kappa shape index (κ1) is 10.3. The summed E-state index contributed by atoms with van der Waals surface area (Å²) >= 11 is 6.02. The number of nitrogens with two attached hydrogens (primary N) is 1. The summed E-state index contributed by atoms with van der Waals surface area (Å²) in [6, 6.07) is 3.67. The highest BCUT2D eigenvalue weighted by molar-refractivity contribution is 6.30. The van der Waals surface area contributed by atoms with Gasteiger partial charge in [-0.2, -0.15) is 0 Å². The molecule has 5 heteroatoms. The van der Waals surface area contributed by atoms with Gasteiger partial charge in [-0.15, -0.1) is 0 Å². The summed E-state index contributed by atoms with van der Waals surface area (Å²) in [7, 11) is 1.90. The monoisotopic (exact) mass is 225 g/mol. The molecule has 0 bridgehead atoms. The molecule has 0 amide bonds. The highest BCUT2D eigenvalue weighted by atomic mass is 35.5. The third-order valence-corrected chi connectivity index (χ3v) is 2.59. The van der Waals surface area contributed by atoms with Gasteiger partial charge in [-0.3, -0.25) is 0 Å². The van der Waals surface area contributed by atoms with Crippen LogP contribution in [0.3, 0.4) is 0 Å². The van der Waals surface area contributed by atoms with Crippen molar-refractivity contribution in [2.24, 2.45) is 12.8 Å². The smallest absolute Gasteiger partial charge is 0.177 e. The number of rotatable bonds is 3. The van der Waals surface area contributed by atoms with Crippen molar-refractivity contribution in [1.29, 1.82) is 0 Å². The van der Waals surface area contributed by atoms with Crippen LogP contribution in [-0.2, 0) is 13.5 Å². The normalized spacial score (nSPS) is 10.9. The van der Waals surface area contributed by atoms with Crippen molar-refractivity contribution in [2.75, 3.05) is 6.54 Å². The molecule has 80 valence electrons. The van der Waals surface area contributed by atoms with Gasteiger partial charge in [0.05, 0.1) is 12.0 Å². The summed E-state index contributed by atoms with van der Waals surface area (Å²) in [5.41, 5.74) is 6.44. The molecule has 15 heavy (non-hydrogen) atoms. The minimum absolute atomic E-state index is 0.495. The summed E-state index contributed by atoms with van der Waals surface area (Å²) in [4.78, 5) is 4.25. The molecule has 0 spiro atoms. The van der Waals surface area contributed by atoms with Gasteiger partial charge in [0.2, 0.25) is 0 Å². The van der Waals surface area contributed by atoms with E-state index in [9.17, 15) is 0 Å². The zero-order valence-corrected chi connectivity index (χ0v) is 9.16. The first-order valence-corrected chi connectivity index (χ1v) is 5.07. The maximum Gasteiger partial charge on any atom is 0.177 e. The van der Waals surface area contributed by atoms with Crippen molar-refractivity contribution >= 4 is 11.6 Å². The third-order valence-electron chi connectivity index (χ3n) is 2.29. The van der Waals surface area contributed by atoms with Crippen LogP contribution in [0.15, 0.2) is 22.8 Å². The van der Waals surface area contributed by atoms with Gasteiger partial charge in [-0.1, -0.05) is 11.6 Å². The molecule has 0 unspecified atom stereocenters. The summed E-state index contributed by atoms with van der Waals surface area (Å²) < 4.78 is 7.18. The fourth-order valence-electron chi connectivity index (χ4n) is 1.53. The van der Waals surface area contributed by atoms with E-state index in [1.807, 2.05) is 23.7 Å². The number of hydrogen-bond acceptors (Lipinski definition) is 3. The Kier molecular flexibility index (Phi) is 2.79. The van der Waals surface area contributed by atoms with E-state index < -0.39 is 0 Å². The molecule has 2 aromatic rings. The second kappa shape index (κ2) is 4.08. The van der Waals surface area contributed by atoms with Crippen LogP contribution in [0.1, 0.15) is 5.69 Å². The molecule has 0 aliphatic rings. The van der Waals surface area contributed by atoms with Gasteiger partial charge >= 0.3 is 0 Å². The van der Waals surface area contributed by atoms with E-state index in [1.54, 1.807) is 6.26 Å². The maximum atomic E-state index is 6.02. The van der Waals surface area contributed by atoms with Gasteiger partial charge in [0, 0.05) is 13.5 Å². The number of aromatic nitrogens is 2. The van der Waals surface area contributed by atoms with E-state index >= 15 is 0 Å². The molecule has 0 radical (unpaired) electrons. The maximum absolute atomic E-state index is 6.02. The van der Waals surface area contributed by atoms with Crippen LogP contribution in [0.2, 0.25) is 5.15 Å². The van der Waals surface area contributed by atoms with E-state index in [0.717, 1.165) is 11.5 Å². The first-order chi connectivity index (χ1) is 7.24. The van der Waals surface area contributed by atoms with Crippen LogP contribution in [-0.4, -0.2) is 16.1 Å². The number of nitrogens with zero attached hydrogens (tertiary/aromatic N) is 2. The molecule has 0 aliphatic heterocycles. The van der Waals surface area contributed by atoms with Crippen LogP contribution in [0.25, 0.3) is 11.6 Å². The van der Waals surface area contributed by atoms with E-state index in [1.165, 1.54) is 0 Å². The van der Waals surface area contributed by atoms with Crippen LogP contribution < -0.4 is 5.73 Å². The topological polar surface area (TPSA) is 57.0 Å². The zero-order chi connectivity index (χ0) is 10.8. The van der Waals surface area contributed by atoms with Crippen LogP contribution in [0.5, 0.6) is 0 Å². The van der Waals surface area contributed by atoms with Gasteiger partial charge in [-0.25, -0.2) is 4.98 Å². The Balaban J connectivity index is 2.46. The molecule has 0 saturated heterocycles. The number of imidazole rings is 1. The number of halogens is 1. The summed E-state index contributed by atoms with van der Waals surface area (Å²) in [5, 5.41) is 0.495. The highest BCUT2D eigenvalue weighted by Gasteiger charge is 2.15. The van der Waals surface area contributed by atoms with Crippen molar-refractivity contribution < 1.29 is 4.42 Å². The molecule has 0 fully saturated rings. The lowest BCUT2D eigenvalue weighted by Gasteiger charge is -2.02. The van der Waals surface area contributed by atoms with E-state index in [2.05, 4.69) is 4.98 Å². The molecule has 0 saturated carbocycles. The second-order valence-electron chi connectivity index (χ2n) is 3.25. The van der Waals surface area contributed by atoms with Crippen LogP contribution >= 0.6 is 11.6 Å². The molecular weight excluding hydrogens is 214 g/mol. The van der Waals surface area contributed by atoms with E-state index in [4.69, 9.17) is 21.8 Å². The highest BCUT2D eigenvalue weighted by Crippen LogP contribution is 2.24. The van der Waals surface area contributed by atoms with Crippen molar-refractivity contribution in [3.8, 4) is 11.6 Å². The lowest BCUT2D eigenvalue weighted by molar-refractivity contribution is 0.573. The first-order valence-electron chi connectivity index (χ1n) is 4.69. The van der Waals surface area contributed by atoms with Gasteiger partial charge in [0.25, 0.3) is 0 Å². The Bertz CT molecular complexity index is 447. The molecular formula is C10H12ClN3O. The standard InChI is InChI=1S/C10H12ClN3O/c1-14-7(4-5-12)9(11)13-10(14)8-3-2-6-15-8/h2-3,6H,4-5,12H2,1H3. The average molecular weight is 226 g/mol. The molecule has 0 atom stereocenters. The van der Waals surface area contributed by atoms with Gasteiger partial charge in [0.15, 0.2) is 16.7 Å². The van der Waals surface area contributed by atoms with E-state index in [-0.39, 0.29) is 0 Å². The Morgan fingerprint density at radius 3 is 3.00 bits per heavy atom. The minimum Gasteiger partial charge on any atom is -0.461 e. The fourth-order valence-corrected chi connectivity index (χ4v) is 1.83. The molecule has 0 aromatic carbocycles. The van der Waals surface area contributed by atoms with Crippen molar-refractivity contribution in [3.05, 3.63) is 29.2 Å². The van der Waals surface area contributed by atoms with Crippen molar-refractivity contribution in [2.45, 2.75) is 6.42 Å². The van der Waals surface area contributed by atoms with Crippen molar-refractivity contribution in [3.63, 3.8) is 0 Å². The Hall–Kier alpha value is -1.26. The van der Waals surface area contributed by atoms with Crippen molar-refractivity contribution in [1.82, 2.24) is 9.55 Å². The fraction of sp³-hybridized carbons (Fsp3) is 0.300. The van der Waals surface area contributed by atoms with Crippen LogP contribution in [0.4, 0.5) is 0 Å². The number of hydrogen-bond donors (Lipinski definition) is 1. The van der Waals surface area contributed by atoms with Gasteiger partial charge in [-0.05, 0) is 18.7 Å². The lowest BCUT2D eigenvalue weighted by Crippen LogP contribution is -2.07. The summed E-state index contributed by atoms with van der Waals surface area (Å²) in [6.45, 7) is 0.552. The summed E-state index contributed by atoms with van der Waals surface area (Å²) in [6.07, 6.45) is 2.32. The predicted molar refractivity (Wildman–Crippen MR) is 58.7 cm³/mol. The van der Waals surface area contributed by atoms with Crippen LogP contribution in [0, 0.1) is 0 Å². The average Bonchev–Trinajstić information content (AvgIpc) is 2.81. The van der Waals surface area contributed by atoms with Gasteiger partial charge in [0.1, 0.15) is 0 Å². The quantitative estimate of drug-likeness (QED) is 0.867. The molecule has 0 aliphatic carbocycles. The minimum atomic E-state index is 0.495. The molecule has 2 heterocycles. The third kappa shape index (κ3) is 1.78. The Labute approximate surface area is 92.7 Å². The van der Waals surface area contributed by atoms with Gasteiger partial charge < -0.3 is 14.7 Å². The lowest BCUT2D eigenvalue weighted by atomic mass is 10.3. The zero-order valence-electron chi connectivity index (χ0n) is 8.40. The molecule has 2 rings (SSSR count). The predicted octanol–water partition coefficient (Wildman–Crippen LogP) is 1.83. The molecule has 4 nitrogen and oxygen atoms in total. The van der Waals surface area contributed by atoms with E-state index in [0.29, 0.717) is 23.9 Å². The second-order valence-corrected chi connectivity index (χ2v) is 3.61. The largest absolute Gasteiger partial charge is 0.461 e. The SMILES string of the molecule is Cn1c(-c2ccco2)nc(Cl)c1CCN. The Morgan fingerprint density at radius 2 is 2.40 bits per heavy atom. The number of furan rings is 1. The molecule has 2 N–H and O–H groups in total. The summed E-state index contributed by atoms with van der Waals surface area (Å²) in [5.74, 6) is 1.44.